The molecule has 30 heavy (non-hydrogen) atoms. The summed E-state index contributed by atoms with van der Waals surface area (Å²) in [6.45, 7) is 2.27. The fourth-order valence-electron chi connectivity index (χ4n) is 5.01. The van der Waals surface area contributed by atoms with E-state index in [1.807, 2.05) is 30.5 Å². The van der Waals surface area contributed by atoms with Gasteiger partial charge in [0, 0.05) is 0 Å². The molecule has 1 aliphatic heterocycles. The van der Waals surface area contributed by atoms with E-state index in [4.69, 9.17) is 4.74 Å². The Bertz CT molecular complexity index is 872. The van der Waals surface area contributed by atoms with E-state index >= 15 is 0 Å². The van der Waals surface area contributed by atoms with Crippen LogP contribution in [0.15, 0.2) is 42.7 Å². The Labute approximate surface area is 177 Å². The number of hydrogen-bond donors (Lipinski definition) is 0. The Balaban J connectivity index is 1.39. The van der Waals surface area contributed by atoms with Gasteiger partial charge < -0.3 is 4.74 Å². The second-order valence-electron chi connectivity index (χ2n) is 8.76. The average molecular weight is 415 g/mol. The van der Waals surface area contributed by atoms with E-state index in [2.05, 4.69) is 6.92 Å². The maximum Gasteiger partial charge on any atom is 0.194 e. The van der Waals surface area contributed by atoms with Crippen LogP contribution in [-0.2, 0) is 4.74 Å². The molecule has 160 valence electrons. The van der Waals surface area contributed by atoms with Gasteiger partial charge in [-0.15, -0.1) is 0 Å². The van der Waals surface area contributed by atoms with Gasteiger partial charge in [0.25, 0.3) is 0 Å². The molecule has 0 bridgehead atoms. The number of benzene rings is 2. The van der Waals surface area contributed by atoms with Gasteiger partial charge >= 0.3 is 0 Å². The predicted octanol–water partition coefficient (Wildman–Crippen LogP) is 7.90. The van der Waals surface area contributed by atoms with Crippen molar-refractivity contribution in [3.8, 4) is 11.1 Å². The van der Waals surface area contributed by atoms with Crippen LogP contribution in [0.2, 0.25) is 0 Å². The molecule has 0 amide bonds. The van der Waals surface area contributed by atoms with Crippen LogP contribution >= 0.6 is 0 Å². The fourth-order valence-corrected chi connectivity index (χ4v) is 5.01. The minimum absolute atomic E-state index is 0.320. The third-order valence-electron chi connectivity index (χ3n) is 6.77. The molecule has 1 saturated carbocycles. The van der Waals surface area contributed by atoms with Crippen molar-refractivity contribution in [2.24, 2.45) is 11.8 Å². The summed E-state index contributed by atoms with van der Waals surface area (Å²) in [5.74, 6) is -2.21. The molecule has 0 aromatic heterocycles. The quantitative estimate of drug-likeness (QED) is 0.452. The van der Waals surface area contributed by atoms with Crippen molar-refractivity contribution in [2.45, 2.75) is 64.4 Å². The molecule has 0 radical (unpaired) electrons. The molecule has 0 N–H and O–H groups in total. The lowest BCUT2D eigenvalue weighted by molar-refractivity contribution is 0.0447. The van der Waals surface area contributed by atoms with Crippen LogP contribution in [0.25, 0.3) is 16.7 Å². The first-order valence-electron chi connectivity index (χ1n) is 11.1. The summed E-state index contributed by atoms with van der Waals surface area (Å²) >= 11 is 0. The molecule has 1 nitrogen and oxygen atoms in total. The first-order valence-corrected chi connectivity index (χ1v) is 11.1. The van der Waals surface area contributed by atoms with Crippen molar-refractivity contribution >= 4 is 5.57 Å². The van der Waals surface area contributed by atoms with E-state index in [0.717, 1.165) is 42.0 Å². The van der Waals surface area contributed by atoms with Gasteiger partial charge in [-0.25, -0.2) is 13.2 Å². The Morgan fingerprint density at radius 2 is 1.47 bits per heavy atom. The van der Waals surface area contributed by atoms with Crippen LogP contribution in [0.4, 0.5) is 13.2 Å². The molecule has 1 heterocycles. The normalized spacial score (nSPS) is 24.3. The molecule has 4 heteroatoms. The lowest BCUT2D eigenvalue weighted by Crippen LogP contribution is -2.28. The minimum Gasteiger partial charge on any atom is -0.497 e. The van der Waals surface area contributed by atoms with Gasteiger partial charge in [-0.3, -0.25) is 0 Å². The van der Waals surface area contributed by atoms with E-state index in [-0.39, 0.29) is 0 Å². The van der Waals surface area contributed by atoms with Crippen molar-refractivity contribution in [3.05, 3.63) is 65.7 Å². The predicted molar refractivity (Wildman–Crippen MR) is 114 cm³/mol. The molecule has 4 rings (SSSR count). The number of allylic oxidation sites excluding steroid dienone is 1. The average Bonchev–Trinajstić information content (AvgIpc) is 2.78. The fraction of sp³-hybridized carbons (Fsp3) is 0.462. The standard InChI is InChI=1S/C26H29F3O/c1-2-3-17-4-6-20(7-5-17)25-13-12-21(16-30-25)18-8-10-19(11-9-18)22-14-23(27)26(29)24(28)15-22/h8-11,14-17,20,25H,2-7,12-13H2,1H3. The Morgan fingerprint density at radius 1 is 0.833 bits per heavy atom. The Hall–Kier alpha value is -2.23. The summed E-state index contributed by atoms with van der Waals surface area (Å²) in [5, 5.41) is 0. The molecule has 0 saturated heterocycles. The van der Waals surface area contributed by atoms with Gasteiger partial charge in [0.05, 0.1) is 6.26 Å². The zero-order valence-electron chi connectivity index (χ0n) is 17.5. The number of halogens is 3. The van der Waals surface area contributed by atoms with E-state index < -0.39 is 17.5 Å². The first-order chi connectivity index (χ1) is 14.5. The minimum atomic E-state index is -1.44. The first kappa shape index (κ1) is 21.0. The Kier molecular flexibility index (Phi) is 6.50. The molecule has 1 atom stereocenters. The van der Waals surface area contributed by atoms with E-state index in [0.29, 0.717) is 23.1 Å². The van der Waals surface area contributed by atoms with E-state index in [1.54, 1.807) is 0 Å². The summed E-state index contributed by atoms with van der Waals surface area (Å²) in [6, 6.07) is 9.53. The van der Waals surface area contributed by atoms with Crippen LogP contribution in [0.1, 0.15) is 63.9 Å². The highest BCUT2D eigenvalue weighted by atomic mass is 19.2. The SMILES string of the molecule is CCCC1CCC(C2CCC(c3ccc(-c4cc(F)c(F)c(F)c4)cc3)=CO2)CC1. The maximum atomic E-state index is 13.5. The molecule has 2 aliphatic rings. The highest BCUT2D eigenvalue weighted by Crippen LogP contribution is 2.38. The summed E-state index contributed by atoms with van der Waals surface area (Å²) in [7, 11) is 0. The molecule has 2 aromatic carbocycles. The van der Waals surface area contributed by atoms with Crippen LogP contribution in [0.5, 0.6) is 0 Å². The second kappa shape index (κ2) is 9.28. The van der Waals surface area contributed by atoms with Crippen LogP contribution in [-0.4, -0.2) is 6.10 Å². The van der Waals surface area contributed by atoms with Crippen LogP contribution in [0.3, 0.4) is 0 Å². The van der Waals surface area contributed by atoms with Crippen molar-refractivity contribution in [1.29, 1.82) is 0 Å². The molecule has 1 aliphatic carbocycles. The largest absolute Gasteiger partial charge is 0.497 e. The molecule has 1 unspecified atom stereocenters. The maximum absolute atomic E-state index is 13.5. The molecule has 0 spiro atoms. The van der Waals surface area contributed by atoms with Crippen molar-refractivity contribution < 1.29 is 17.9 Å². The smallest absolute Gasteiger partial charge is 0.194 e. The summed E-state index contributed by atoms with van der Waals surface area (Å²) in [6.07, 6.45) is 12.1. The van der Waals surface area contributed by atoms with Gasteiger partial charge in [-0.2, -0.15) is 0 Å². The number of ether oxygens (including phenoxy) is 1. The summed E-state index contributed by atoms with van der Waals surface area (Å²) < 4.78 is 46.3. The van der Waals surface area contributed by atoms with Crippen LogP contribution in [0, 0.1) is 29.3 Å². The third kappa shape index (κ3) is 4.58. The highest BCUT2D eigenvalue weighted by molar-refractivity contribution is 5.70. The lowest BCUT2D eigenvalue weighted by Gasteiger charge is -2.35. The van der Waals surface area contributed by atoms with Gasteiger partial charge in [-0.05, 0) is 71.9 Å². The van der Waals surface area contributed by atoms with Gasteiger partial charge in [-0.1, -0.05) is 56.9 Å². The van der Waals surface area contributed by atoms with Crippen molar-refractivity contribution in [3.63, 3.8) is 0 Å². The highest BCUT2D eigenvalue weighted by Gasteiger charge is 2.29. The monoisotopic (exact) mass is 414 g/mol. The zero-order valence-corrected chi connectivity index (χ0v) is 17.5. The molecule has 2 aromatic rings. The number of rotatable bonds is 5. The van der Waals surface area contributed by atoms with E-state index in [9.17, 15) is 13.2 Å². The van der Waals surface area contributed by atoms with E-state index in [1.165, 1.54) is 38.5 Å². The van der Waals surface area contributed by atoms with Gasteiger partial charge in [0.2, 0.25) is 0 Å². The Morgan fingerprint density at radius 3 is 2.03 bits per heavy atom. The van der Waals surface area contributed by atoms with Gasteiger partial charge in [0.15, 0.2) is 17.5 Å². The molecule has 1 fully saturated rings. The second-order valence-corrected chi connectivity index (χ2v) is 8.76. The van der Waals surface area contributed by atoms with Crippen molar-refractivity contribution in [2.75, 3.05) is 0 Å². The lowest BCUT2D eigenvalue weighted by atomic mass is 9.76. The molecular formula is C26H29F3O. The summed E-state index contributed by atoms with van der Waals surface area (Å²) in [5.41, 5.74) is 3.17. The topological polar surface area (TPSA) is 9.23 Å². The zero-order chi connectivity index (χ0) is 21.1. The van der Waals surface area contributed by atoms with Gasteiger partial charge in [0.1, 0.15) is 6.10 Å². The number of hydrogen-bond acceptors (Lipinski definition) is 1. The third-order valence-corrected chi connectivity index (χ3v) is 6.77. The molecular weight excluding hydrogens is 385 g/mol. The van der Waals surface area contributed by atoms with Crippen LogP contribution < -0.4 is 0 Å². The van der Waals surface area contributed by atoms with Crippen molar-refractivity contribution in [1.82, 2.24) is 0 Å². The summed E-state index contributed by atoms with van der Waals surface area (Å²) in [4.78, 5) is 0.